The van der Waals surface area contributed by atoms with E-state index in [1.165, 1.54) is 0 Å². The molecule has 3 rings (SSSR count). The van der Waals surface area contributed by atoms with E-state index in [1.54, 1.807) is 81.3 Å². The molecule has 0 aliphatic carbocycles. The van der Waals surface area contributed by atoms with Crippen molar-refractivity contribution in [1.82, 2.24) is 10.2 Å². The lowest BCUT2D eigenvalue weighted by Gasteiger charge is -2.39. The molecule has 8 nitrogen and oxygen atoms in total. The predicted octanol–water partition coefficient (Wildman–Crippen LogP) is 7.15. The summed E-state index contributed by atoms with van der Waals surface area (Å²) in [4.78, 5) is 44.0. The van der Waals surface area contributed by atoms with Gasteiger partial charge in [-0.25, -0.2) is 4.79 Å². The lowest BCUT2D eigenvalue weighted by Crippen LogP contribution is -2.55. The summed E-state index contributed by atoms with van der Waals surface area (Å²) in [5.41, 5.74) is 1.60. The first-order valence-corrected chi connectivity index (χ1v) is 15.7. The van der Waals surface area contributed by atoms with Crippen molar-refractivity contribution in [3.05, 3.63) is 95.6 Å². The fraction of sp³-hybridized carbons (Fsp3) is 0.395. The Bertz CT molecular complexity index is 1490. The van der Waals surface area contributed by atoms with Crippen molar-refractivity contribution in [3.8, 4) is 18.1 Å². The van der Waals surface area contributed by atoms with Gasteiger partial charge in [-0.2, -0.15) is 0 Å². The molecule has 0 saturated carbocycles. The molecular weight excluding hydrogens is 578 g/mol. The first kappa shape index (κ1) is 35.7. The Morgan fingerprint density at radius 3 is 2.11 bits per heavy atom. The summed E-state index contributed by atoms with van der Waals surface area (Å²) in [5.74, 6) is 2.84. The Hall–Kier alpha value is -4.77. The van der Waals surface area contributed by atoms with Gasteiger partial charge >= 0.3 is 6.09 Å². The normalized spacial score (nSPS) is 13.1. The highest BCUT2D eigenvalue weighted by molar-refractivity contribution is 5.99. The van der Waals surface area contributed by atoms with E-state index in [-0.39, 0.29) is 6.42 Å². The lowest BCUT2D eigenvalue weighted by molar-refractivity contribution is -0.143. The maximum atomic E-state index is 14.9. The number of carbonyl (C=O) groups excluding carboxylic acids is 3. The molecule has 0 fully saturated rings. The highest BCUT2D eigenvalue weighted by Crippen LogP contribution is 2.31. The summed E-state index contributed by atoms with van der Waals surface area (Å²) in [7, 11) is 1.57. The van der Waals surface area contributed by atoms with Crippen molar-refractivity contribution >= 4 is 23.6 Å². The number of rotatable bonds is 13. The molecular formula is C38H47N3O5. The molecule has 0 aromatic heterocycles. The van der Waals surface area contributed by atoms with Crippen LogP contribution in [0.1, 0.15) is 77.1 Å². The molecule has 3 atom stereocenters. The topological polar surface area (TPSA) is 97.0 Å². The molecule has 0 bridgehead atoms. The fourth-order valence-corrected chi connectivity index (χ4v) is 5.16. The van der Waals surface area contributed by atoms with Crippen LogP contribution < -0.4 is 15.4 Å². The van der Waals surface area contributed by atoms with Crippen molar-refractivity contribution in [2.75, 3.05) is 12.4 Å². The number of nitrogens with one attached hydrogen (secondary N) is 2. The highest BCUT2D eigenvalue weighted by atomic mass is 16.6. The summed E-state index contributed by atoms with van der Waals surface area (Å²) >= 11 is 0. The second-order valence-electron chi connectivity index (χ2n) is 12.8. The van der Waals surface area contributed by atoms with Gasteiger partial charge in [0.05, 0.1) is 7.11 Å². The Labute approximate surface area is 273 Å². The smallest absolute Gasteiger partial charge is 0.408 e. The first-order chi connectivity index (χ1) is 21.8. The minimum Gasteiger partial charge on any atom is -0.497 e. The average molecular weight is 626 g/mol. The molecule has 0 aliphatic rings. The Morgan fingerprint density at radius 2 is 1.52 bits per heavy atom. The van der Waals surface area contributed by atoms with Gasteiger partial charge in [-0.15, -0.1) is 6.42 Å². The number of hydrogen-bond donors (Lipinski definition) is 2. The minimum atomic E-state index is -1.11. The van der Waals surface area contributed by atoms with Gasteiger partial charge < -0.3 is 25.0 Å². The van der Waals surface area contributed by atoms with Gasteiger partial charge in [-0.3, -0.25) is 9.59 Å². The predicted molar refractivity (Wildman–Crippen MR) is 182 cm³/mol. The van der Waals surface area contributed by atoms with E-state index in [4.69, 9.17) is 15.9 Å². The van der Waals surface area contributed by atoms with Crippen LogP contribution in [-0.2, 0) is 20.7 Å². The Kier molecular flexibility index (Phi) is 12.8. The third-order valence-corrected chi connectivity index (χ3v) is 7.46. The van der Waals surface area contributed by atoms with Crippen LogP contribution in [0.25, 0.3) is 0 Å². The molecule has 3 aromatic rings. The van der Waals surface area contributed by atoms with Crippen molar-refractivity contribution < 1.29 is 23.9 Å². The fourth-order valence-electron chi connectivity index (χ4n) is 5.16. The number of terminal acetylenes is 1. The zero-order valence-electron chi connectivity index (χ0n) is 28.0. The van der Waals surface area contributed by atoms with Gasteiger partial charge in [0.15, 0.2) is 0 Å². The highest BCUT2D eigenvalue weighted by Gasteiger charge is 2.40. The second kappa shape index (κ2) is 16.5. The van der Waals surface area contributed by atoms with E-state index in [9.17, 15) is 14.4 Å². The molecule has 0 heterocycles. The van der Waals surface area contributed by atoms with Crippen LogP contribution in [-0.4, -0.2) is 47.6 Å². The summed E-state index contributed by atoms with van der Waals surface area (Å²) in [5, 5.41) is 5.81. The molecule has 8 heteroatoms. The summed E-state index contributed by atoms with van der Waals surface area (Å²) < 4.78 is 10.8. The van der Waals surface area contributed by atoms with E-state index >= 15 is 0 Å². The SMILES string of the molecule is C#Cc1ccccc1C(C(=O)Nc1ccc(OC)cc1)N(C(=O)C(Cc1ccccc1)NC(=O)OC(C)(C)C)C(C)CCC(C)C. The third-order valence-electron chi connectivity index (χ3n) is 7.46. The molecule has 0 spiro atoms. The molecule has 3 amide bonds. The van der Waals surface area contributed by atoms with Crippen LogP contribution in [0, 0.1) is 18.3 Å². The molecule has 0 radical (unpaired) electrons. The number of anilines is 1. The summed E-state index contributed by atoms with van der Waals surface area (Å²) in [6, 6.07) is 21.0. The van der Waals surface area contributed by atoms with Crippen molar-refractivity contribution in [2.24, 2.45) is 5.92 Å². The Balaban J connectivity index is 2.16. The number of methoxy groups -OCH3 is 1. The van der Waals surface area contributed by atoms with Gasteiger partial charge in [0.1, 0.15) is 23.4 Å². The van der Waals surface area contributed by atoms with Crippen molar-refractivity contribution in [3.63, 3.8) is 0 Å². The second-order valence-corrected chi connectivity index (χ2v) is 12.8. The summed E-state index contributed by atoms with van der Waals surface area (Å²) in [6.45, 7) is 11.4. The number of hydrogen-bond acceptors (Lipinski definition) is 5. The molecule has 244 valence electrons. The third kappa shape index (κ3) is 10.4. The quantitative estimate of drug-likeness (QED) is 0.197. The number of alkyl carbamates (subject to hydrolysis) is 1. The monoisotopic (exact) mass is 625 g/mol. The van der Waals surface area contributed by atoms with Crippen LogP contribution in [0.3, 0.4) is 0 Å². The number of carbonyl (C=O) groups is 3. The first-order valence-electron chi connectivity index (χ1n) is 15.7. The van der Waals surface area contributed by atoms with E-state index in [2.05, 4.69) is 30.4 Å². The van der Waals surface area contributed by atoms with Crippen LogP contribution in [0.4, 0.5) is 10.5 Å². The van der Waals surface area contributed by atoms with Crippen LogP contribution >= 0.6 is 0 Å². The van der Waals surface area contributed by atoms with E-state index in [0.29, 0.717) is 34.9 Å². The number of ether oxygens (including phenoxy) is 2. The largest absolute Gasteiger partial charge is 0.497 e. The number of amides is 3. The number of nitrogens with zero attached hydrogens (tertiary/aromatic N) is 1. The van der Waals surface area contributed by atoms with E-state index in [0.717, 1.165) is 12.0 Å². The van der Waals surface area contributed by atoms with Crippen LogP contribution in [0.2, 0.25) is 0 Å². The molecule has 0 aliphatic heterocycles. The molecule has 46 heavy (non-hydrogen) atoms. The standard InChI is InChI=1S/C38H47N3O5/c1-9-29-17-13-14-18-32(29)34(35(42)39-30-21-23-31(45-8)24-22-30)41(27(4)20-19-26(2)3)36(43)33(25-28-15-11-10-12-16-28)40-37(44)46-38(5,6)7/h1,10-18,21-24,26-27,33-34H,19-20,25H2,2-8H3,(H,39,42)(H,40,44). The van der Waals surface area contributed by atoms with Crippen LogP contribution in [0.15, 0.2) is 78.9 Å². The lowest BCUT2D eigenvalue weighted by atomic mass is 9.93. The molecule has 3 unspecified atom stereocenters. The Morgan fingerprint density at radius 1 is 0.891 bits per heavy atom. The molecule has 2 N–H and O–H groups in total. The zero-order valence-corrected chi connectivity index (χ0v) is 28.0. The number of benzene rings is 3. The van der Waals surface area contributed by atoms with Gasteiger partial charge in [0, 0.05) is 23.7 Å². The van der Waals surface area contributed by atoms with Crippen molar-refractivity contribution in [2.45, 2.75) is 84.5 Å². The van der Waals surface area contributed by atoms with E-state index < -0.39 is 41.6 Å². The average Bonchev–Trinajstić information content (AvgIpc) is 3.01. The van der Waals surface area contributed by atoms with Gasteiger partial charge in [0.2, 0.25) is 5.91 Å². The zero-order chi connectivity index (χ0) is 33.9. The van der Waals surface area contributed by atoms with E-state index in [1.807, 2.05) is 37.3 Å². The van der Waals surface area contributed by atoms with Gasteiger partial charge in [-0.1, -0.05) is 68.3 Å². The molecule has 3 aromatic carbocycles. The molecule has 0 saturated heterocycles. The van der Waals surface area contributed by atoms with Gasteiger partial charge in [-0.05, 0) is 87.9 Å². The maximum Gasteiger partial charge on any atom is 0.408 e. The minimum absolute atomic E-state index is 0.190. The van der Waals surface area contributed by atoms with Crippen LogP contribution in [0.5, 0.6) is 5.75 Å². The summed E-state index contributed by atoms with van der Waals surface area (Å²) in [6.07, 6.45) is 6.85. The van der Waals surface area contributed by atoms with Crippen molar-refractivity contribution in [1.29, 1.82) is 0 Å². The maximum absolute atomic E-state index is 14.9. The van der Waals surface area contributed by atoms with Gasteiger partial charge in [0.25, 0.3) is 5.91 Å².